The zero-order valence-electron chi connectivity index (χ0n) is 10.3. The van der Waals surface area contributed by atoms with E-state index in [0.717, 1.165) is 42.0 Å². The van der Waals surface area contributed by atoms with Crippen LogP contribution >= 0.6 is 11.3 Å². The fourth-order valence-corrected chi connectivity index (χ4v) is 2.73. The summed E-state index contributed by atoms with van der Waals surface area (Å²) in [6, 6.07) is 2.08. The molecule has 5 heteroatoms. The van der Waals surface area contributed by atoms with Gasteiger partial charge in [-0.3, -0.25) is 0 Å². The molecule has 0 spiro atoms. The highest BCUT2D eigenvalue weighted by Gasteiger charge is 2.13. The fraction of sp³-hybridized carbons (Fsp3) is 0.500. The van der Waals surface area contributed by atoms with Crippen molar-refractivity contribution in [2.45, 2.75) is 26.7 Å². The second-order valence-electron chi connectivity index (χ2n) is 4.03. The van der Waals surface area contributed by atoms with E-state index < -0.39 is 0 Å². The quantitative estimate of drug-likeness (QED) is 0.886. The molecule has 2 heterocycles. The summed E-state index contributed by atoms with van der Waals surface area (Å²) in [6.45, 7) is 6.38. The van der Waals surface area contributed by atoms with Gasteiger partial charge in [-0.15, -0.1) is 11.3 Å². The molecule has 4 nitrogen and oxygen atoms in total. The van der Waals surface area contributed by atoms with E-state index >= 15 is 0 Å². The molecule has 0 amide bonds. The van der Waals surface area contributed by atoms with Crippen LogP contribution in [0.3, 0.4) is 0 Å². The van der Waals surface area contributed by atoms with Gasteiger partial charge >= 0.3 is 0 Å². The lowest BCUT2D eigenvalue weighted by molar-refractivity contribution is 0.737. The van der Waals surface area contributed by atoms with E-state index in [1.165, 1.54) is 0 Å². The van der Waals surface area contributed by atoms with Crippen molar-refractivity contribution in [1.82, 2.24) is 9.97 Å². The monoisotopic (exact) mass is 250 g/mol. The van der Waals surface area contributed by atoms with Crippen molar-refractivity contribution < 1.29 is 0 Å². The maximum atomic E-state index is 5.77. The predicted molar refractivity (Wildman–Crippen MR) is 74.6 cm³/mol. The van der Waals surface area contributed by atoms with Crippen LogP contribution in [0.25, 0.3) is 10.2 Å². The van der Waals surface area contributed by atoms with Gasteiger partial charge in [-0.05, 0) is 24.3 Å². The molecule has 0 saturated heterocycles. The van der Waals surface area contributed by atoms with Crippen LogP contribution in [-0.4, -0.2) is 23.1 Å². The summed E-state index contributed by atoms with van der Waals surface area (Å²) in [5.41, 5.74) is 5.77. The summed E-state index contributed by atoms with van der Waals surface area (Å²) < 4.78 is 0. The number of rotatable bonds is 5. The van der Waals surface area contributed by atoms with Gasteiger partial charge in [0.25, 0.3) is 0 Å². The molecule has 0 unspecified atom stereocenters. The van der Waals surface area contributed by atoms with E-state index in [2.05, 4.69) is 34.8 Å². The topological polar surface area (TPSA) is 55.0 Å². The number of nitrogens with zero attached hydrogens (tertiary/aromatic N) is 3. The normalized spacial score (nSPS) is 10.9. The number of anilines is 2. The number of aromatic nitrogens is 2. The van der Waals surface area contributed by atoms with Crippen molar-refractivity contribution >= 4 is 33.3 Å². The van der Waals surface area contributed by atoms with Gasteiger partial charge in [0.15, 0.2) is 0 Å². The van der Waals surface area contributed by atoms with Gasteiger partial charge in [0.05, 0.1) is 5.39 Å². The van der Waals surface area contributed by atoms with Gasteiger partial charge in [0.1, 0.15) is 10.6 Å². The van der Waals surface area contributed by atoms with Crippen LogP contribution in [0.15, 0.2) is 11.4 Å². The molecule has 2 aromatic heterocycles. The number of nitrogens with two attached hydrogens (primary N) is 1. The zero-order valence-corrected chi connectivity index (χ0v) is 11.1. The Labute approximate surface area is 105 Å². The van der Waals surface area contributed by atoms with Crippen LogP contribution in [-0.2, 0) is 0 Å². The zero-order chi connectivity index (χ0) is 12.3. The first-order valence-electron chi connectivity index (χ1n) is 6.02. The van der Waals surface area contributed by atoms with Crippen LogP contribution in [0.5, 0.6) is 0 Å². The summed E-state index contributed by atoms with van der Waals surface area (Å²) in [4.78, 5) is 11.9. The Morgan fingerprint density at radius 3 is 2.59 bits per heavy atom. The highest BCUT2D eigenvalue weighted by Crippen LogP contribution is 2.28. The van der Waals surface area contributed by atoms with Crippen molar-refractivity contribution in [1.29, 1.82) is 0 Å². The van der Waals surface area contributed by atoms with E-state index in [4.69, 9.17) is 5.73 Å². The number of fused-ring (bicyclic) bond motifs is 1. The molecule has 0 bridgehead atoms. The molecular weight excluding hydrogens is 232 g/mol. The van der Waals surface area contributed by atoms with Crippen molar-refractivity contribution in [3.63, 3.8) is 0 Å². The Hall–Kier alpha value is -1.36. The lowest BCUT2D eigenvalue weighted by Crippen LogP contribution is -2.26. The maximum Gasteiger partial charge on any atom is 0.223 e. The van der Waals surface area contributed by atoms with Crippen LogP contribution in [0.2, 0.25) is 0 Å². The third kappa shape index (κ3) is 2.49. The van der Waals surface area contributed by atoms with Crippen molar-refractivity contribution in [2.75, 3.05) is 23.7 Å². The Balaban J connectivity index is 2.46. The number of nitrogen functional groups attached to an aromatic ring is 1. The van der Waals surface area contributed by atoms with Gasteiger partial charge < -0.3 is 10.6 Å². The Morgan fingerprint density at radius 2 is 1.94 bits per heavy atom. The van der Waals surface area contributed by atoms with E-state index in [0.29, 0.717) is 5.95 Å². The van der Waals surface area contributed by atoms with Gasteiger partial charge in [-0.2, -0.15) is 4.98 Å². The average molecular weight is 250 g/mol. The molecule has 0 saturated carbocycles. The predicted octanol–water partition coefficient (Wildman–Crippen LogP) is 2.90. The van der Waals surface area contributed by atoms with Crippen LogP contribution in [0.4, 0.5) is 11.8 Å². The molecule has 2 rings (SSSR count). The Bertz CT molecular complexity index is 488. The summed E-state index contributed by atoms with van der Waals surface area (Å²) in [5.74, 6) is 1.35. The smallest absolute Gasteiger partial charge is 0.223 e. The van der Waals surface area contributed by atoms with Crippen molar-refractivity contribution in [3.05, 3.63) is 11.4 Å². The van der Waals surface area contributed by atoms with E-state index in [1.54, 1.807) is 11.3 Å². The van der Waals surface area contributed by atoms with Crippen molar-refractivity contribution in [3.8, 4) is 0 Å². The third-order valence-electron chi connectivity index (χ3n) is 2.61. The molecule has 0 fully saturated rings. The standard InChI is InChI=1S/C12H18N4S/c1-3-6-16(7-4-2)10-9-5-8-17-11(9)15-12(13)14-10/h5,8H,3-4,6-7H2,1-2H3,(H2,13,14,15). The largest absolute Gasteiger partial charge is 0.368 e. The summed E-state index contributed by atoms with van der Waals surface area (Å²) in [7, 11) is 0. The molecule has 2 aromatic rings. The van der Waals surface area contributed by atoms with Gasteiger partial charge in [-0.1, -0.05) is 13.8 Å². The van der Waals surface area contributed by atoms with Crippen molar-refractivity contribution in [2.24, 2.45) is 0 Å². The molecule has 0 aliphatic rings. The van der Waals surface area contributed by atoms with Gasteiger partial charge in [0.2, 0.25) is 5.95 Å². The third-order valence-corrected chi connectivity index (χ3v) is 3.42. The molecule has 2 N–H and O–H groups in total. The lowest BCUT2D eigenvalue weighted by Gasteiger charge is -2.23. The minimum Gasteiger partial charge on any atom is -0.368 e. The van der Waals surface area contributed by atoms with E-state index in [1.807, 2.05) is 5.38 Å². The van der Waals surface area contributed by atoms with Crippen LogP contribution in [0, 0.1) is 0 Å². The molecule has 92 valence electrons. The minimum atomic E-state index is 0.368. The minimum absolute atomic E-state index is 0.368. The number of hydrogen-bond acceptors (Lipinski definition) is 5. The maximum absolute atomic E-state index is 5.77. The van der Waals surface area contributed by atoms with E-state index in [9.17, 15) is 0 Å². The summed E-state index contributed by atoms with van der Waals surface area (Å²) >= 11 is 1.61. The highest BCUT2D eigenvalue weighted by molar-refractivity contribution is 7.16. The number of thiophene rings is 1. The second kappa shape index (κ2) is 5.31. The Morgan fingerprint density at radius 1 is 1.24 bits per heavy atom. The van der Waals surface area contributed by atoms with Crippen LogP contribution in [0.1, 0.15) is 26.7 Å². The molecule has 0 aromatic carbocycles. The molecular formula is C12H18N4S. The molecule has 17 heavy (non-hydrogen) atoms. The first kappa shape index (κ1) is 12.1. The van der Waals surface area contributed by atoms with Crippen LogP contribution < -0.4 is 10.6 Å². The summed E-state index contributed by atoms with van der Waals surface area (Å²) in [6.07, 6.45) is 2.21. The fourth-order valence-electron chi connectivity index (χ4n) is 1.96. The SMILES string of the molecule is CCCN(CCC)c1nc(N)nc2sccc12. The Kier molecular flexibility index (Phi) is 3.78. The molecule has 0 radical (unpaired) electrons. The first-order valence-corrected chi connectivity index (χ1v) is 6.89. The molecule has 0 aliphatic carbocycles. The number of hydrogen-bond donors (Lipinski definition) is 1. The van der Waals surface area contributed by atoms with Gasteiger partial charge in [0, 0.05) is 13.1 Å². The van der Waals surface area contributed by atoms with E-state index in [-0.39, 0.29) is 0 Å². The summed E-state index contributed by atoms with van der Waals surface area (Å²) in [5, 5.41) is 3.16. The first-order chi connectivity index (χ1) is 8.26. The average Bonchev–Trinajstić information content (AvgIpc) is 2.75. The highest BCUT2D eigenvalue weighted by atomic mass is 32.1. The van der Waals surface area contributed by atoms with Gasteiger partial charge in [-0.25, -0.2) is 4.98 Å². The molecule has 0 aliphatic heterocycles. The lowest BCUT2D eigenvalue weighted by atomic mass is 10.3. The molecule has 0 atom stereocenters. The second-order valence-corrected chi connectivity index (χ2v) is 4.93.